The molecule has 37 heavy (non-hydrogen) atoms. The number of anilines is 1. The van der Waals surface area contributed by atoms with Gasteiger partial charge in [0.25, 0.3) is 0 Å². The molecule has 1 unspecified atom stereocenters. The lowest BCUT2D eigenvalue weighted by Crippen LogP contribution is -2.42. The maximum atomic E-state index is 11.0. The Labute approximate surface area is 217 Å². The summed E-state index contributed by atoms with van der Waals surface area (Å²) in [5, 5.41) is 13.4. The first-order valence-corrected chi connectivity index (χ1v) is 13.0. The van der Waals surface area contributed by atoms with Crippen molar-refractivity contribution in [3.8, 4) is 11.1 Å². The number of carboxylic acid groups (broad SMARTS) is 1. The number of hydrogen-bond donors (Lipinski definition) is 1. The smallest absolute Gasteiger partial charge is 0.328 e. The van der Waals surface area contributed by atoms with Gasteiger partial charge in [-0.3, -0.25) is 4.68 Å². The van der Waals surface area contributed by atoms with Crippen molar-refractivity contribution in [1.29, 1.82) is 0 Å². The van der Waals surface area contributed by atoms with Crippen LogP contribution in [0.3, 0.4) is 0 Å². The van der Waals surface area contributed by atoms with E-state index in [1.807, 2.05) is 30.1 Å². The first-order valence-electron chi connectivity index (χ1n) is 13.0. The van der Waals surface area contributed by atoms with Crippen molar-refractivity contribution < 1.29 is 9.90 Å². The Kier molecular flexibility index (Phi) is 5.91. The highest BCUT2D eigenvalue weighted by molar-refractivity contribution is 5.85. The number of carboxylic acids is 1. The van der Waals surface area contributed by atoms with Crippen LogP contribution in [0.4, 0.5) is 5.69 Å². The molecule has 2 aliphatic rings. The number of hydrogen-bond acceptors (Lipinski definition) is 3. The van der Waals surface area contributed by atoms with Gasteiger partial charge in [-0.2, -0.15) is 5.10 Å². The van der Waals surface area contributed by atoms with Crippen molar-refractivity contribution >= 4 is 17.7 Å². The molecule has 0 saturated heterocycles. The van der Waals surface area contributed by atoms with E-state index in [2.05, 4.69) is 77.7 Å². The van der Waals surface area contributed by atoms with Gasteiger partial charge in [0.1, 0.15) is 0 Å². The summed E-state index contributed by atoms with van der Waals surface area (Å²) in [5.74, 6) is -0.203. The fraction of sp³-hybridized carbons (Fsp3) is 0.250. The van der Waals surface area contributed by atoms with Crippen molar-refractivity contribution in [2.75, 3.05) is 4.90 Å². The molecule has 6 rings (SSSR count). The average Bonchev–Trinajstić information content (AvgIpc) is 3.66. The predicted molar refractivity (Wildman–Crippen MR) is 148 cm³/mol. The van der Waals surface area contributed by atoms with Gasteiger partial charge >= 0.3 is 5.97 Å². The lowest BCUT2D eigenvalue weighted by molar-refractivity contribution is -0.131. The van der Waals surface area contributed by atoms with Crippen LogP contribution in [0.1, 0.15) is 59.5 Å². The highest BCUT2D eigenvalue weighted by Crippen LogP contribution is 2.44. The molecule has 1 N–H and O–H groups in total. The number of rotatable bonds is 6. The van der Waals surface area contributed by atoms with Crippen LogP contribution < -0.4 is 4.90 Å². The van der Waals surface area contributed by atoms with Gasteiger partial charge in [0, 0.05) is 36.6 Å². The maximum absolute atomic E-state index is 11.0. The van der Waals surface area contributed by atoms with Gasteiger partial charge in [0.2, 0.25) is 0 Å². The molecular formula is C32H31N3O2. The fourth-order valence-electron chi connectivity index (χ4n) is 5.66. The Morgan fingerprint density at radius 1 is 0.973 bits per heavy atom. The second kappa shape index (κ2) is 9.40. The van der Waals surface area contributed by atoms with Crippen molar-refractivity contribution in [3.63, 3.8) is 0 Å². The molecule has 0 amide bonds. The summed E-state index contributed by atoms with van der Waals surface area (Å²) in [5.41, 5.74) is 9.74. The molecule has 2 heterocycles. The number of aryl methyl sites for hydroxylation is 1. The molecule has 0 radical (unpaired) electrons. The Morgan fingerprint density at radius 3 is 2.35 bits per heavy atom. The normalized spacial score (nSPS) is 19.2. The molecule has 4 aromatic rings. The zero-order chi connectivity index (χ0) is 25.5. The molecule has 1 saturated carbocycles. The van der Waals surface area contributed by atoms with Crippen molar-refractivity contribution in [1.82, 2.24) is 9.78 Å². The van der Waals surface area contributed by atoms with Gasteiger partial charge in [0.05, 0.1) is 12.2 Å². The molecule has 5 nitrogen and oxygen atoms in total. The lowest BCUT2D eigenvalue weighted by atomic mass is 9.83. The van der Waals surface area contributed by atoms with Crippen molar-refractivity contribution in [2.45, 2.75) is 44.2 Å². The van der Waals surface area contributed by atoms with E-state index in [0.717, 1.165) is 23.5 Å². The van der Waals surface area contributed by atoms with E-state index in [0.29, 0.717) is 6.04 Å². The summed E-state index contributed by atoms with van der Waals surface area (Å²) in [4.78, 5) is 13.5. The molecule has 5 heteroatoms. The summed E-state index contributed by atoms with van der Waals surface area (Å²) < 4.78 is 1.84. The highest BCUT2D eigenvalue weighted by Gasteiger charge is 2.34. The molecule has 1 aromatic heterocycles. The minimum absolute atomic E-state index is 0.0611. The SMILES string of the molecule is C[C@H]1Cc2cc(-c3cnn(C)c3)ccc2C(c2ccc(/C=C/C(=O)O)cc2)N1c1ccc(C2CC2)cc1. The van der Waals surface area contributed by atoms with Crippen LogP contribution in [0.5, 0.6) is 0 Å². The Hall–Kier alpha value is -4.12. The van der Waals surface area contributed by atoms with Crippen LogP contribution in [0.2, 0.25) is 0 Å². The number of nitrogens with zero attached hydrogens (tertiary/aromatic N) is 3. The Balaban J connectivity index is 1.42. The van der Waals surface area contributed by atoms with Gasteiger partial charge in [-0.05, 0) is 83.7 Å². The quantitative estimate of drug-likeness (QED) is 0.310. The first kappa shape index (κ1) is 23.3. The number of aliphatic carboxylic acids is 1. The van der Waals surface area contributed by atoms with Gasteiger partial charge in [-0.15, -0.1) is 0 Å². The molecule has 186 valence electrons. The number of aromatic nitrogens is 2. The molecule has 0 spiro atoms. The van der Waals surface area contributed by atoms with Gasteiger partial charge < -0.3 is 10.0 Å². The third kappa shape index (κ3) is 4.69. The fourth-order valence-corrected chi connectivity index (χ4v) is 5.66. The summed E-state index contributed by atoms with van der Waals surface area (Å²) in [6.07, 6.45) is 10.4. The Bertz CT molecular complexity index is 1460. The zero-order valence-corrected chi connectivity index (χ0v) is 21.2. The van der Waals surface area contributed by atoms with Gasteiger partial charge in [-0.25, -0.2) is 4.79 Å². The summed E-state index contributed by atoms with van der Waals surface area (Å²) in [7, 11) is 1.95. The molecule has 0 bridgehead atoms. The minimum Gasteiger partial charge on any atom is -0.478 e. The van der Waals surface area contributed by atoms with E-state index in [1.54, 1.807) is 6.08 Å². The molecule has 1 aliphatic carbocycles. The number of benzene rings is 3. The van der Waals surface area contributed by atoms with E-state index in [1.165, 1.54) is 52.4 Å². The topological polar surface area (TPSA) is 58.4 Å². The second-order valence-electron chi connectivity index (χ2n) is 10.4. The van der Waals surface area contributed by atoms with E-state index in [4.69, 9.17) is 5.11 Å². The standard InChI is InChI=1S/C32H31N3O2/c1-21-17-27-18-26(28-19-33-34(2)20-28)12-15-30(27)32(25-6-3-22(4-7-25)5-16-31(36)37)35(21)29-13-10-24(11-14-29)23-8-9-23/h3-7,10-16,18-21,23,32H,8-9,17H2,1-2H3,(H,36,37)/b16-5+/t21-,32?/m0/s1. The van der Waals surface area contributed by atoms with Crippen LogP contribution >= 0.6 is 0 Å². The average molecular weight is 490 g/mol. The molecular weight excluding hydrogens is 458 g/mol. The van der Waals surface area contributed by atoms with Crippen LogP contribution in [0.25, 0.3) is 17.2 Å². The summed E-state index contributed by atoms with van der Waals surface area (Å²) in [6, 6.07) is 24.6. The second-order valence-corrected chi connectivity index (χ2v) is 10.4. The maximum Gasteiger partial charge on any atom is 0.328 e. The minimum atomic E-state index is -0.940. The van der Waals surface area contributed by atoms with E-state index in [-0.39, 0.29) is 6.04 Å². The van der Waals surface area contributed by atoms with Crippen LogP contribution in [0, 0.1) is 0 Å². The predicted octanol–water partition coefficient (Wildman–Crippen LogP) is 6.60. The van der Waals surface area contributed by atoms with E-state index < -0.39 is 5.97 Å². The molecule has 2 atom stereocenters. The van der Waals surface area contributed by atoms with Crippen LogP contribution in [-0.4, -0.2) is 26.9 Å². The van der Waals surface area contributed by atoms with Gasteiger partial charge in [0.15, 0.2) is 0 Å². The third-order valence-corrected chi connectivity index (χ3v) is 7.65. The highest BCUT2D eigenvalue weighted by atomic mass is 16.4. The monoisotopic (exact) mass is 489 g/mol. The molecule has 1 fully saturated rings. The van der Waals surface area contributed by atoms with E-state index in [9.17, 15) is 4.79 Å². The van der Waals surface area contributed by atoms with Crippen LogP contribution in [0.15, 0.2) is 85.2 Å². The van der Waals surface area contributed by atoms with Crippen LogP contribution in [-0.2, 0) is 18.3 Å². The summed E-state index contributed by atoms with van der Waals surface area (Å²) in [6.45, 7) is 2.31. The zero-order valence-electron chi connectivity index (χ0n) is 21.2. The molecule has 1 aliphatic heterocycles. The lowest BCUT2D eigenvalue weighted by Gasteiger charge is -2.44. The van der Waals surface area contributed by atoms with Crippen molar-refractivity contribution in [2.24, 2.45) is 7.05 Å². The number of carbonyl (C=O) groups is 1. The molecule has 3 aromatic carbocycles. The van der Waals surface area contributed by atoms with Crippen molar-refractivity contribution in [3.05, 3.63) is 113 Å². The summed E-state index contributed by atoms with van der Waals surface area (Å²) >= 11 is 0. The van der Waals surface area contributed by atoms with Gasteiger partial charge in [-0.1, -0.05) is 54.6 Å². The largest absolute Gasteiger partial charge is 0.478 e. The number of fused-ring (bicyclic) bond motifs is 1. The Morgan fingerprint density at radius 2 is 1.70 bits per heavy atom. The first-order chi connectivity index (χ1) is 18.0. The van der Waals surface area contributed by atoms with E-state index >= 15 is 0 Å². The third-order valence-electron chi connectivity index (χ3n) is 7.65.